The van der Waals surface area contributed by atoms with Crippen molar-refractivity contribution in [1.82, 2.24) is 10.7 Å². The fraction of sp³-hybridized carbons (Fsp3) is 0.308. The molecule has 1 aromatic carbocycles. The van der Waals surface area contributed by atoms with Crippen LogP contribution in [0.5, 0.6) is 5.75 Å². The van der Waals surface area contributed by atoms with Crippen LogP contribution in [0.15, 0.2) is 29.4 Å². The van der Waals surface area contributed by atoms with Crippen LogP contribution < -0.4 is 15.5 Å². The zero-order valence-electron chi connectivity index (χ0n) is 11.0. The summed E-state index contributed by atoms with van der Waals surface area (Å²) in [6, 6.07) is 7.16. The van der Waals surface area contributed by atoms with Gasteiger partial charge in [-0.1, -0.05) is 19.1 Å². The van der Waals surface area contributed by atoms with Gasteiger partial charge < -0.3 is 10.1 Å². The number of carbonyl (C=O) groups excluding carboxylic acids is 2. The molecule has 2 N–H and O–H groups in total. The number of methoxy groups -OCH3 is 1. The molecule has 0 spiro atoms. The molecule has 0 saturated carbocycles. The number of amides is 2. The number of hydrogen-bond acceptors (Lipinski definition) is 4. The summed E-state index contributed by atoms with van der Waals surface area (Å²) in [5.41, 5.74) is 2.91. The minimum atomic E-state index is -0.785. The predicted octanol–water partition coefficient (Wildman–Crippen LogP) is 0.672. The lowest BCUT2D eigenvalue weighted by molar-refractivity contribution is -0.139. The van der Waals surface area contributed by atoms with Crippen molar-refractivity contribution in [2.45, 2.75) is 13.3 Å². The van der Waals surface area contributed by atoms with Crippen molar-refractivity contribution < 1.29 is 14.3 Å². The lowest BCUT2D eigenvalue weighted by Gasteiger charge is -2.01. The van der Waals surface area contributed by atoms with Crippen molar-refractivity contribution in [2.75, 3.05) is 13.7 Å². The molecule has 1 rings (SSSR count). The normalized spacial score (nSPS) is 10.2. The van der Waals surface area contributed by atoms with E-state index in [0.29, 0.717) is 12.3 Å². The predicted molar refractivity (Wildman–Crippen MR) is 72.0 cm³/mol. The highest BCUT2D eigenvalue weighted by molar-refractivity contribution is 6.35. The van der Waals surface area contributed by atoms with Crippen molar-refractivity contribution in [1.29, 1.82) is 0 Å². The highest BCUT2D eigenvalue weighted by Gasteiger charge is 2.10. The molecular weight excluding hydrogens is 246 g/mol. The van der Waals surface area contributed by atoms with Crippen LogP contribution in [-0.4, -0.2) is 31.7 Å². The quantitative estimate of drug-likeness (QED) is 0.465. The first-order chi connectivity index (χ1) is 9.17. The number of hydrogen-bond donors (Lipinski definition) is 2. The third kappa shape index (κ3) is 5.20. The Morgan fingerprint density at radius 3 is 2.84 bits per heavy atom. The van der Waals surface area contributed by atoms with Crippen LogP contribution in [0, 0.1) is 0 Å². The molecule has 0 fully saturated rings. The summed E-state index contributed by atoms with van der Waals surface area (Å²) in [6.07, 6.45) is 2.21. The highest BCUT2D eigenvalue weighted by atomic mass is 16.5. The summed E-state index contributed by atoms with van der Waals surface area (Å²) in [4.78, 5) is 22.5. The second-order valence-electron chi connectivity index (χ2n) is 3.73. The summed E-state index contributed by atoms with van der Waals surface area (Å²) in [6.45, 7) is 2.37. The average Bonchev–Trinajstić information content (AvgIpc) is 2.44. The van der Waals surface area contributed by atoms with E-state index in [1.165, 1.54) is 6.21 Å². The van der Waals surface area contributed by atoms with E-state index in [-0.39, 0.29) is 0 Å². The molecule has 0 bridgehead atoms. The molecule has 6 heteroatoms. The zero-order valence-corrected chi connectivity index (χ0v) is 11.0. The SMILES string of the molecule is CCCNC(=O)C(=O)N/N=C/c1cccc(OC)c1. The van der Waals surface area contributed by atoms with E-state index in [9.17, 15) is 9.59 Å². The molecule has 2 amide bonds. The number of benzene rings is 1. The average molecular weight is 263 g/mol. The minimum absolute atomic E-state index is 0.464. The monoisotopic (exact) mass is 263 g/mol. The molecule has 102 valence electrons. The summed E-state index contributed by atoms with van der Waals surface area (Å²) >= 11 is 0. The van der Waals surface area contributed by atoms with E-state index in [1.807, 2.05) is 6.92 Å². The third-order valence-electron chi connectivity index (χ3n) is 2.22. The van der Waals surface area contributed by atoms with Gasteiger partial charge in [-0.15, -0.1) is 0 Å². The Bertz CT molecular complexity index is 472. The summed E-state index contributed by atoms with van der Waals surface area (Å²) < 4.78 is 5.05. The third-order valence-corrected chi connectivity index (χ3v) is 2.22. The molecule has 6 nitrogen and oxygen atoms in total. The van der Waals surface area contributed by atoms with Gasteiger partial charge in [0.1, 0.15) is 5.75 Å². The first kappa shape index (κ1) is 14.7. The standard InChI is InChI=1S/C13H17N3O3/c1-3-7-14-12(17)13(18)16-15-9-10-5-4-6-11(8-10)19-2/h4-6,8-9H,3,7H2,1-2H3,(H,14,17)(H,16,18)/b15-9+. The van der Waals surface area contributed by atoms with Crippen LogP contribution in [0.2, 0.25) is 0 Å². The Morgan fingerprint density at radius 2 is 2.16 bits per heavy atom. The van der Waals surface area contributed by atoms with Gasteiger partial charge in [-0.05, 0) is 24.1 Å². The molecule has 0 aromatic heterocycles. The zero-order chi connectivity index (χ0) is 14.1. The van der Waals surface area contributed by atoms with Gasteiger partial charge in [0.2, 0.25) is 0 Å². The molecule has 0 aliphatic heterocycles. The topological polar surface area (TPSA) is 79.8 Å². The van der Waals surface area contributed by atoms with Gasteiger partial charge in [-0.2, -0.15) is 5.10 Å². The van der Waals surface area contributed by atoms with Gasteiger partial charge in [0.25, 0.3) is 0 Å². The summed E-state index contributed by atoms with van der Waals surface area (Å²) in [5, 5.41) is 6.16. The van der Waals surface area contributed by atoms with Crippen LogP contribution in [0.4, 0.5) is 0 Å². The highest BCUT2D eigenvalue weighted by Crippen LogP contribution is 2.10. The van der Waals surface area contributed by atoms with Crippen molar-refractivity contribution >= 4 is 18.0 Å². The van der Waals surface area contributed by atoms with Gasteiger partial charge in [-0.3, -0.25) is 9.59 Å². The fourth-order valence-electron chi connectivity index (χ4n) is 1.26. The molecule has 0 heterocycles. The molecule has 1 aromatic rings. The van der Waals surface area contributed by atoms with Crippen LogP contribution in [0.1, 0.15) is 18.9 Å². The molecular formula is C13H17N3O3. The Kier molecular flexibility index (Phi) is 6.08. The van der Waals surface area contributed by atoms with Gasteiger partial charge >= 0.3 is 11.8 Å². The van der Waals surface area contributed by atoms with E-state index >= 15 is 0 Å². The first-order valence-electron chi connectivity index (χ1n) is 5.92. The van der Waals surface area contributed by atoms with Gasteiger partial charge in [0.15, 0.2) is 0 Å². The first-order valence-corrected chi connectivity index (χ1v) is 5.92. The van der Waals surface area contributed by atoms with E-state index in [1.54, 1.807) is 31.4 Å². The Morgan fingerprint density at radius 1 is 1.37 bits per heavy atom. The van der Waals surface area contributed by atoms with Crippen molar-refractivity contribution in [3.05, 3.63) is 29.8 Å². The maximum absolute atomic E-state index is 11.3. The minimum Gasteiger partial charge on any atom is -0.497 e. The van der Waals surface area contributed by atoms with Crippen LogP contribution >= 0.6 is 0 Å². The Balaban J connectivity index is 2.48. The van der Waals surface area contributed by atoms with E-state index in [2.05, 4.69) is 15.8 Å². The Labute approximate surface area is 111 Å². The fourth-order valence-corrected chi connectivity index (χ4v) is 1.26. The molecule has 0 aliphatic rings. The number of nitrogens with zero attached hydrogens (tertiary/aromatic N) is 1. The van der Waals surface area contributed by atoms with Crippen molar-refractivity contribution in [2.24, 2.45) is 5.10 Å². The molecule has 0 atom stereocenters. The Hall–Kier alpha value is -2.37. The number of nitrogens with one attached hydrogen (secondary N) is 2. The van der Waals surface area contributed by atoms with E-state index < -0.39 is 11.8 Å². The van der Waals surface area contributed by atoms with Crippen molar-refractivity contribution in [3.63, 3.8) is 0 Å². The molecule has 0 aliphatic carbocycles. The van der Waals surface area contributed by atoms with Crippen molar-refractivity contribution in [3.8, 4) is 5.75 Å². The summed E-state index contributed by atoms with van der Waals surface area (Å²) in [5.74, 6) is -0.784. The smallest absolute Gasteiger partial charge is 0.329 e. The summed E-state index contributed by atoms with van der Waals surface area (Å²) in [7, 11) is 1.57. The maximum Gasteiger partial charge on any atom is 0.329 e. The van der Waals surface area contributed by atoms with E-state index in [4.69, 9.17) is 4.74 Å². The second-order valence-corrected chi connectivity index (χ2v) is 3.73. The molecule has 0 radical (unpaired) electrons. The lowest BCUT2D eigenvalue weighted by Crippen LogP contribution is -2.38. The lowest BCUT2D eigenvalue weighted by atomic mass is 10.2. The van der Waals surface area contributed by atoms with Crippen LogP contribution in [-0.2, 0) is 9.59 Å². The number of hydrazone groups is 1. The number of carbonyl (C=O) groups is 2. The largest absolute Gasteiger partial charge is 0.497 e. The number of rotatable bonds is 5. The van der Waals surface area contributed by atoms with E-state index in [0.717, 1.165) is 12.0 Å². The molecule has 0 unspecified atom stereocenters. The van der Waals surface area contributed by atoms with Crippen LogP contribution in [0.3, 0.4) is 0 Å². The van der Waals surface area contributed by atoms with Gasteiger partial charge in [0, 0.05) is 6.54 Å². The van der Waals surface area contributed by atoms with Gasteiger partial charge in [0.05, 0.1) is 13.3 Å². The van der Waals surface area contributed by atoms with Crippen LogP contribution in [0.25, 0.3) is 0 Å². The van der Waals surface area contributed by atoms with Gasteiger partial charge in [-0.25, -0.2) is 5.43 Å². The molecule has 19 heavy (non-hydrogen) atoms. The number of ether oxygens (including phenoxy) is 1. The maximum atomic E-state index is 11.3. The molecule has 0 saturated heterocycles. The second kappa shape index (κ2) is 7.86.